The molecule has 0 fully saturated rings. The second-order valence-electron chi connectivity index (χ2n) is 3.22. The molecule has 0 aliphatic heterocycles. The Balaban J connectivity index is 0. The fourth-order valence-corrected chi connectivity index (χ4v) is 1.13. The maximum Gasteiger partial charge on any atom is 1.00 e. The molecule has 12 heavy (non-hydrogen) atoms. The van der Waals surface area contributed by atoms with Crippen molar-refractivity contribution in [3.05, 3.63) is 6.92 Å². The van der Waals surface area contributed by atoms with Gasteiger partial charge < -0.3 is 11.8 Å². The molecule has 68 valence electrons. The molecule has 0 radical (unpaired) electrons. The minimum Gasteiger partial charge on any atom is -0.343 e. The molecule has 0 heterocycles. The van der Waals surface area contributed by atoms with Crippen LogP contribution in [0, 0.1) is 6.92 Å². The fourth-order valence-electron chi connectivity index (χ4n) is 1.13. The zero-order valence-electron chi connectivity index (χ0n) is 9.10. The molecule has 0 saturated carbocycles. The first-order valence-corrected chi connectivity index (χ1v) is 4.79. The van der Waals surface area contributed by atoms with Crippen molar-refractivity contribution in [1.82, 2.24) is 4.90 Å². The van der Waals surface area contributed by atoms with Gasteiger partial charge in [0.25, 0.3) is 0 Å². The Morgan fingerprint density at radius 1 is 1.08 bits per heavy atom. The Labute approximate surface area is 90.1 Å². The SMILES string of the molecule is [CH2-]CCCN(C)CCCCC.[Li+]. The van der Waals surface area contributed by atoms with Crippen LogP contribution in [0.25, 0.3) is 0 Å². The van der Waals surface area contributed by atoms with Crippen LogP contribution in [0.1, 0.15) is 39.0 Å². The molecule has 0 aromatic heterocycles. The van der Waals surface area contributed by atoms with Crippen molar-refractivity contribution in [2.24, 2.45) is 0 Å². The number of hydrogen-bond donors (Lipinski definition) is 0. The number of rotatable bonds is 7. The molecule has 0 aliphatic rings. The van der Waals surface area contributed by atoms with Crippen molar-refractivity contribution in [3.63, 3.8) is 0 Å². The van der Waals surface area contributed by atoms with Crippen molar-refractivity contribution in [1.29, 1.82) is 0 Å². The summed E-state index contributed by atoms with van der Waals surface area (Å²) in [7, 11) is 2.20. The van der Waals surface area contributed by atoms with Crippen molar-refractivity contribution in [2.45, 2.75) is 39.0 Å². The van der Waals surface area contributed by atoms with E-state index >= 15 is 0 Å². The van der Waals surface area contributed by atoms with Crippen LogP contribution in [0.2, 0.25) is 0 Å². The summed E-state index contributed by atoms with van der Waals surface area (Å²) in [6, 6.07) is 0. The molecule has 0 N–H and O–H groups in total. The Morgan fingerprint density at radius 2 is 1.67 bits per heavy atom. The van der Waals surface area contributed by atoms with Gasteiger partial charge in [-0.25, -0.2) is 0 Å². The van der Waals surface area contributed by atoms with Crippen molar-refractivity contribution in [3.8, 4) is 0 Å². The van der Waals surface area contributed by atoms with Crippen LogP contribution in [0.3, 0.4) is 0 Å². The Morgan fingerprint density at radius 3 is 2.17 bits per heavy atom. The van der Waals surface area contributed by atoms with Gasteiger partial charge in [0.1, 0.15) is 0 Å². The van der Waals surface area contributed by atoms with Crippen molar-refractivity contribution >= 4 is 0 Å². The quantitative estimate of drug-likeness (QED) is 0.284. The van der Waals surface area contributed by atoms with E-state index in [1.807, 2.05) is 0 Å². The van der Waals surface area contributed by atoms with E-state index in [0.717, 1.165) is 6.42 Å². The maximum absolute atomic E-state index is 3.83. The largest absolute Gasteiger partial charge is 1.00 e. The van der Waals surface area contributed by atoms with E-state index in [0.29, 0.717) is 0 Å². The van der Waals surface area contributed by atoms with Gasteiger partial charge in [0.2, 0.25) is 0 Å². The third-order valence-electron chi connectivity index (χ3n) is 1.93. The van der Waals surface area contributed by atoms with Gasteiger partial charge in [0, 0.05) is 0 Å². The summed E-state index contributed by atoms with van der Waals surface area (Å²) >= 11 is 0. The number of hydrogen-bond acceptors (Lipinski definition) is 1. The second kappa shape index (κ2) is 11.6. The molecule has 0 rings (SSSR count). The predicted molar refractivity (Wildman–Crippen MR) is 51.6 cm³/mol. The molecule has 1 nitrogen and oxygen atoms in total. The summed E-state index contributed by atoms with van der Waals surface area (Å²) in [6.45, 7) is 8.55. The first-order valence-electron chi connectivity index (χ1n) is 4.79. The number of nitrogens with zero attached hydrogens (tertiary/aromatic N) is 1. The van der Waals surface area contributed by atoms with E-state index in [-0.39, 0.29) is 18.9 Å². The Bertz CT molecular complexity index is 76.2. The minimum absolute atomic E-state index is 0. The van der Waals surface area contributed by atoms with E-state index in [4.69, 9.17) is 0 Å². The standard InChI is InChI=1S/C10H22N.Li/c1-4-6-8-10-11(3)9-7-5-2;/h2,4-10H2,1,3H3;/q-1;+1. The first-order chi connectivity index (χ1) is 5.31. The van der Waals surface area contributed by atoms with Crippen molar-refractivity contribution in [2.75, 3.05) is 20.1 Å². The van der Waals surface area contributed by atoms with Gasteiger partial charge in [-0.3, -0.25) is 0 Å². The van der Waals surface area contributed by atoms with E-state index in [1.165, 1.54) is 38.8 Å². The van der Waals surface area contributed by atoms with E-state index in [1.54, 1.807) is 0 Å². The van der Waals surface area contributed by atoms with Crippen LogP contribution < -0.4 is 18.9 Å². The number of unbranched alkanes of at least 4 members (excludes halogenated alkanes) is 3. The van der Waals surface area contributed by atoms with E-state index < -0.39 is 0 Å². The van der Waals surface area contributed by atoms with Gasteiger partial charge in [0.15, 0.2) is 0 Å². The molecule has 0 saturated heterocycles. The van der Waals surface area contributed by atoms with Gasteiger partial charge in [-0.1, -0.05) is 26.2 Å². The van der Waals surface area contributed by atoms with Crippen LogP contribution in [-0.2, 0) is 0 Å². The molecular formula is C10H22LiN. The van der Waals surface area contributed by atoms with Crippen LogP contribution in [-0.4, -0.2) is 25.0 Å². The summed E-state index contributed by atoms with van der Waals surface area (Å²) in [5.74, 6) is 0. The molecule has 0 aliphatic carbocycles. The fraction of sp³-hybridized carbons (Fsp3) is 0.900. The third-order valence-corrected chi connectivity index (χ3v) is 1.93. The smallest absolute Gasteiger partial charge is 0.343 e. The summed E-state index contributed by atoms with van der Waals surface area (Å²) in [6.07, 6.45) is 6.35. The third kappa shape index (κ3) is 10.6. The van der Waals surface area contributed by atoms with E-state index in [2.05, 4.69) is 25.8 Å². The molecular weight excluding hydrogens is 141 g/mol. The Hall–Kier alpha value is 0.557. The zero-order valence-corrected chi connectivity index (χ0v) is 9.10. The average molecular weight is 163 g/mol. The minimum atomic E-state index is 0. The monoisotopic (exact) mass is 163 g/mol. The normalized spacial score (nSPS) is 10.0. The molecule has 0 aromatic rings. The molecule has 0 aromatic carbocycles. The summed E-state index contributed by atoms with van der Waals surface area (Å²) in [5, 5.41) is 0. The van der Waals surface area contributed by atoms with Crippen LogP contribution >= 0.6 is 0 Å². The molecule has 0 atom stereocenters. The van der Waals surface area contributed by atoms with Gasteiger partial charge in [-0.15, -0.1) is 0 Å². The van der Waals surface area contributed by atoms with Crippen molar-refractivity contribution < 1.29 is 18.9 Å². The van der Waals surface area contributed by atoms with Crippen LogP contribution in [0.4, 0.5) is 0 Å². The second-order valence-corrected chi connectivity index (χ2v) is 3.22. The van der Waals surface area contributed by atoms with Crippen LogP contribution in [0.15, 0.2) is 0 Å². The molecule has 0 spiro atoms. The molecule has 0 amide bonds. The summed E-state index contributed by atoms with van der Waals surface area (Å²) < 4.78 is 0. The first kappa shape index (κ1) is 15.0. The van der Waals surface area contributed by atoms with Gasteiger partial charge in [-0.05, 0) is 26.6 Å². The molecule has 2 heteroatoms. The van der Waals surface area contributed by atoms with Gasteiger partial charge >= 0.3 is 18.9 Å². The molecule has 0 unspecified atom stereocenters. The Kier molecular flexibility index (Phi) is 14.5. The zero-order chi connectivity index (χ0) is 8.53. The summed E-state index contributed by atoms with van der Waals surface area (Å²) in [4.78, 5) is 2.40. The average Bonchev–Trinajstić information content (AvgIpc) is 2.01. The molecule has 0 bridgehead atoms. The van der Waals surface area contributed by atoms with Gasteiger partial charge in [0.05, 0.1) is 0 Å². The van der Waals surface area contributed by atoms with Crippen LogP contribution in [0.5, 0.6) is 0 Å². The maximum atomic E-state index is 3.83. The predicted octanol–water partition coefficient (Wildman–Crippen LogP) is -0.273. The van der Waals surface area contributed by atoms with Gasteiger partial charge in [-0.2, -0.15) is 6.42 Å². The summed E-state index contributed by atoms with van der Waals surface area (Å²) in [5.41, 5.74) is 0. The van der Waals surface area contributed by atoms with E-state index in [9.17, 15) is 0 Å². The topological polar surface area (TPSA) is 3.24 Å².